The SMILES string of the molecule is COc1ccc(N2CC(CN)OC2=O)cc1C. The minimum Gasteiger partial charge on any atom is -0.496 e. The number of benzene rings is 1. The molecule has 0 bridgehead atoms. The molecule has 1 fully saturated rings. The second-order valence-electron chi connectivity index (χ2n) is 4.01. The summed E-state index contributed by atoms with van der Waals surface area (Å²) in [6, 6.07) is 5.58. The maximum atomic E-state index is 11.6. The molecule has 1 aliphatic rings. The van der Waals surface area contributed by atoms with Crippen LogP contribution in [0.25, 0.3) is 0 Å². The minimum absolute atomic E-state index is 0.218. The molecule has 92 valence electrons. The Morgan fingerprint density at radius 2 is 2.35 bits per heavy atom. The summed E-state index contributed by atoms with van der Waals surface area (Å²) in [4.78, 5) is 13.2. The van der Waals surface area contributed by atoms with Crippen molar-refractivity contribution >= 4 is 11.8 Å². The summed E-state index contributed by atoms with van der Waals surface area (Å²) >= 11 is 0. The van der Waals surface area contributed by atoms with E-state index in [0.29, 0.717) is 13.1 Å². The molecule has 1 unspecified atom stereocenters. The predicted octanol–water partition coefficient (Wildman–Crippen LogP) is 1.29. The van der Waals surface area contributed by atoms with Crippen molar-refractivity contribution in [2.45, 2.75) is 13.0 Å². The van der Waals surface area contributed by atoms with Crippen molar-refractivity contribution in [2.24, 2.45) is 5.73 Å². The van der Waals surface area contributed by atoms with Crippen LogP contribution in [0.2, 0.25) is 0 Å². The van der Waals surface area contributed by atoms with Crippen molar-refractivity contribution in [3.05, 3.63) is 23.8 Å². The van der Waals surface area contributed by atoms with Crippen molar-refractivity contribution < 1.29 is 14.3 Å². The maximum Gasteiger partial charge on any atom is 0.414 e. The first-order chi connectivity index (χ1) is 8.15. The smallest absolute Gasteiger partial charge is 0.414 e. The number of methoxy groups -OCH3 is 1. The van der Waals surface area contributed by atoms with Crippen LogP contribution < -0.4 is 15.4 Å². The fourth-order valence-corrected chi connectivity index (χ4v) is 1.89. The largest absolute Gasteiger partial charge is 0.496 e. The summed E-state index contributed by atoms with van der Waals surface area (Å²) in [5, 5.41) is 0. The molecule has 2 N–H and O–H groups in total. The van der Waals surface area contributed by atoms with E-state index in [4.69, 9.17) is 15.2 Å². The summed E-state index contributed by atoms with van der Waals surface area (Å²) in [5.74, 6) is 0.802. The first-order valence-corrected chi connectivity index (χ1v) is 5.48. The van der Waals surface area contributed by atoms with E-state index < -0.39 is 0 Å². The van der Waals surface area contributed by atoms with Crippen molar-refractivity contribution in [3.63, 3.8) is 0 Å². The molecule has 0 aliphatic carbocycles. The van der Waals surface area contributed by atoms with Gasteiger partial charge in [-0.3, -0.25) is 4.90 Å². The van der Waals surface area contributed by atoms with Crippen LogP contribution in [0.5, 0.6) is 5.75 Å². The van der Waals surface area contributed by atoms with Gasteiger partial charge in [0, 0.05) is 12.2 Å². The lowest BCUT2D eigenvalue weighted by Gasteiger charge is -2.14. The average Bonchev–Trinajstić information content (AvgIpc) is 2.70. The van der Waals surface area contributed by atoms with Gasteiger partial charge in [0.15, 0.2) is 0 Å². The van der Waals surface area contributed by atoms with Crippen LogP contribution in [0.3, 0.4) is 0 Å². The highest BCUT2D eigenvalue weighted by atomic mass is 16.6. The number of nitrogens with two attached hydrogens (primary N) is 1. The van der Waals surface area contributed by atoms with Gasteiger partial charge in [0.2, 0.25) is 0 Å². The molecule has 2 rings (SSSR count). The van der Waals surface area contributed by atoms with E-state index in [9.17, 15) is 4.79 Å². The Morgan fingerprint density at radius 1 is 1.59 bits per heavy atom. The first kappa shape index (κ1) is 11.7. The number of rotatable bonds is 3. The highest BCUT2D eigenvalue weighted by molar-refractivity contribution is 5.90. The normalized spacial score (nSPS) is 19.4. The molecule has 1 aromatic carbocycles. The van der Waals surface area contributed by atoms with Gasteiger partial charge in [0.05, 0.1) is 13.7 Å². The quantitative estimate of drug-likeness (QED) is 0.858. The van der Waals surface area contributed by atoms with Gasteiger partial charge in [-0.15, -0.1) is 0 Å². The van der Waals surface area contributed by atoms with Crippen molar-refractivity contribution in [1.82, 2.24) is 0 Å². The minimum atomic E-state index is -0.343. The number of carbonyl (C=O) groups is 1. The second-order valence-corrected chi connectivity index (χ2v) is 4.01. The zero-order valence-corrected chi connectivity index (χ0v) is 9.97. The number of cyclic esters (lactones) is 1. The highest BCUT2D eigenvalue weighted by Crippen LogP contribution is 2.27. The molecule has 1 saturated heterocycles. The Labute approximate surface area is 100 Å². The number of anilines is 1. The van der Waals surface area contributed by atoms with Crippen LogP contribution in [0.4, 0.5) is 10.5 Å². The lowest BCUT2D eigenvalue weighted by Crippen LogP contribution is -2.27. The van der Waals surface area contributed by atoms with E-state index in [1.54, 1.807) is 12.0 Å². The zero-order chi connectivity index (χ0) is 12.4. The van der Waals surface area contributed by atoms with Crippen molar-refractivity contribution in [1.29, 1.82) is 0 Å². The highest BCUT2D eigenvalue weighted by Gasteiger charge is 2.31. The molecule has 0 radical (unpaired) electrons. The lowest BCUT2D eigenvalue weighted by atomic mass is 10.2. The van der Waals surface area contributed by atoms with E-state index in [1.165, 1.54) is 0 Å². The number of aryl methyl sites for hydroxylation is 1. The fourth-order valence-electron chi connectivity index (χ4n) is 1.89. The third-order valence-corrected chi connectivity index (χ3v) is 2.83. The van der Waals surface area contributed by atoms with Crippen molar-refractivity contribution in [2.75, 3.05) is 25.1 Å². The number of ether oxygens (including phenoxy) is 2. The summed E-state index contributed by atoms with van der Waals surface area (Å²) in [6.07, 6.45) is -0.560. The lowest BCUT2D eigenvalue weighted by molar-refractivity contribution is 0.145. The summed E-state index contributed by atoms with van der Waals surface area (Å²) in [6.45, 7) is 2.78. The van der Waals surface area contributed by atoms with Crippen LogP contribution in [-0.2, 0) is 4.74 Å². The van der Waals surface area contributed by atoms with E-state index >= 15 is 0 Å². The second kappa shape index (κ2) is 4.63. The molecule has 0 aromatic heterocycles. The molecule has 17 heavy (non-hydrogen) atoms. The summed E-state index contributed by atoms with van der Waals surface area (Å²) < 4.78 is 10.3. The third kappa shape index (κ3) is 2.19. The number of nitrogens with zero attached hydrogens (tertiary/aromatic N) is 1. The molecule has 5 nitrogen and oxygen atoms in total. The van der Waals surface area contributed by atoms with E-state index in [1.807, 2.05) is 25.1 Å². The zero-order valence-electron chi connectivity index (χ0n) is 9.97. The molecule has 0 spiro atoms. The molecule has 1 heterocycles. The van der Waals surface area contributed by atoms with E-state index in [0.717, 1.165) is 17.0 Å². The van der Waals surface area contributed by atoms with Gasteiger partial charge in [-0.25, -0.2) is 4.79 Å². The number of hydrogen-bond donors (Lipinski definition) is 1. The number of hydrogen-bond acceptors (Lipinski definition) is 4. The third-order valence-electron chi connectivity index (χ3n) is 2.83. The van der Waals surface area contributed by atoms with Crippen LogP contribution >= 0.6 is 0 Å². The maximum absolute atomic E-state index is 11.6. The standard InChI is InChI=1S/C12H16N2O3/c1-8-5-9(3-4-11(8)16-2)14-7-10(6-13)17-12(14)15/h3-5,10H,6-7,13H2,1-2H3. The van der Waals surface area contributed by atoms with Crippen molar-refractivity contribution in [3.8, 4) is 5.75 Å². The Bertz CT molecular complexity index is 434. The molecular formula is C12H16N2O3. The number of amides is 1. The Balaban J connectivity index is 2.23. The molecule has 0 saturated carbocycles. The van der Waals surface area contributed by atoms with Gasteiger partial charge >= 0.3 is 6.09 Å². The van der Waals surface area contributed by atoms with E-state index in [-0.39, 0.29) is 12.2 Å². The Morgan fingerprint density at radius 3 is 2.88 bits per heavy atom. The molecule has 1 amide bonds. The molecule has 1 atom stereocenters. The Kier molecular flexibility index (Phi) is 3.19. The fraction of sp³-hybridized carbons (Fsp3) is 0.417. The predicted molar refractivity (Wildman–Crippen MR) is 64.4 cm³/mol. The van der Waals surface area contributed by atoms with Crippen LogP contribution in [0, 0.1) is 6.92 Å². The van der Waals surface area contributed by atoms with Gasteiger partial charge < -0.3 is 15.2 Å². The van der Waals surface area contributed by atoms with Crippen LogP contribution in [0.1, 0.15) is 5.56 Å². The van der Waals surface area contributed by atoms with E-state index in [2.05, 4.69) is 0 Å². The van der Waals surface area contributed by atoms with Gasteiger partial charge in [-0.05, 0) is 30.7 Å². The Hall–Kier alpha value is -1.75. The monoisotopic (exact) mass is 236 g/mol. The van der Waals surface area contributed by atoms with Crippen LogP contribution in [0.15, 0.2) is 18.2 Å². The van der Waals surface area contributed by atoms with Gasteiger partial charge in [-0.2, -0.15) is 0 Å². The summed E-state index contributed by atoms with van der Waals surface area (Å²) in [5.41, 5.74) is 7.28. The first-order valence-electron chi connectivity index (χ1n) is 5.48. The molecular weight excluding hydrogens is 220 g/mol. The van der Waals surface area contributed by atoms with Gasteiger partial charge in [-0.1, -0.05) is 0 Å². The van der Waals surface area contributed by atoms with Gasteiger partial charge in [0.25, 0.3) is 0 Å². The number of carbonyl (C=O) groups excluding carboxylic acids is 1. The summed E-state index contributed by atoms with van der Waals surface area (Å²) in [7, 11) is 1.62. The van der Waals surface area contributed by atoms with Crippen LogP contribution in [-0.4, -0.2) is 32.4 Å². The topological polar surface area (TPSA) is 64.8 Å². The molecule has 5 heteroatoms. The average molecular weight is 236 g/mol. The molecule has 1 aliphatic heterocycles. The van der Waals surface area contributed by atoms with Gasteiger partial charge in [0.1, 0.15) is 11.9 Å². The molecule has 1 aromatic rings.